The molecule has 0 amide bonds. The molecule has 9 heavy (non-hydrogen) atoms. The van der Waals surface area contributed by atoms with Gasteiger partial charge in [0.05, 0.1) is 0 Å². The van der Waals surface area contributed by atoms with Crippen molar-refractivity contribution in [2.75, 3.05) is 0 Å². The molecule has 2 atom stereocenters. The number of allylic oxidation sites excluding steroid dienone is 1. The van der Waals surface area contributed by atoms with Crippen LogP contribution in [0.2, 0.25) is 0 Å². The van der Waals surface area contributed by atoms with Crippen molar-refractivity contribution in [3.05, 3.63) is 12.7 Å². The molecule has 1 rings (SSSR count). The Hall–Kier alpha value is -0.400. The van der Waals surface area contributed by atoms with Gasteiger partial charge in [-0.05, 0) is 18.4 Å². The molecule has 0 aromatic heterocycles. The summed E-state index contributed by atoms with van der Waals surface area (Å²) in [5.74, 6) is -2.84. The van der Waals surface area contributed by atoms with E-state index in [1.165, 1.54) is 0 Å². The van der Waals surface area contributed by atoms with E-state index in [9.17, 15) is 8.78 Å². The Morgan fingerprint density at radius 1 is 1.67 bits per heavy atom. The number of alkyl halides is 2. The van der Waals surface area contributed by atoms with Crippen molar-refractivity contribution in [1.82, 2.24) is 0 Å². The Morgan fingerprint density at radius 2 is 2.11 bits per heavy atom. The Morgan fingerprint density at radius 3 is 2.22 bits per heavy atom. The molecule has 1 fully saturated rings. The van der Waals surface area contributed by atoms with E-state index in [4.69, 9.17) is 0 Å². The Labute approximate surface area is 53.6 Å². The first-order valence-corrected chi connectivity index (χ1v) is 3.09. The second kappa shape index (κ2) is 1.79. The second-order valence-corrected chi connectivity index (χ2v) is 2.70. The van der Waals surface area contributed by atoms with E-state index in [0.717, 1.165) is 6.08 Å². The van der Waals surface area contributed by atoms with Gasteiger partial charge in [-0.2, -0.15) is 0 Å². The maximum Gasteiger partial charge on any atom is 0.269 e. The average Bonchev–Trinajstić information content (AvgIpc) is 2.47. The monoisotopic (exact) mass is 132 g/mol. The van der Waals surface area contributed by atoms with E-state index in [0.29, 0.717) is 6.42 Å². The van der Waals surface area contributed by atoms with Crippen molar-refractivity contribution < 1.29 is 8.78 Å². The normalized spacial score (nSPS) is 34.1. The SMILES string of the molecule is C=CC(F)(F)C1CC1C. The topological polar surface area (TPSA) is 0 Å². The molecule has 0 spiro atoms. The van der Waals surface area contributed by atoms with Crippen molar-refractivity contribution in [2.45, 2.75) is 19.3 Å². The quantitative estimate of drug-likeness (QED) is 0.506. The lowest BCUT2D eigenvalue weighted by atomic mass is 10.2. The molecule has 0 nitrogen and oxygen atoms in total. The molecule has 0 aromatic rings. The minimum absolute atomic E-state index is 0.193. The standard InChI is InChI=1S/C7H10F2/c1-3-7(8,9)6-4-5(6)2/h3,5-6H,1,4H2,2H3. The van der Waals surface area contributed by atoms with E-state index in [1.54, 1.807) is 0 Å². The van der Waals surface area contributed by atoms with Gasteiger partial charge in [0.1, 0.15) is 0 Å². The fourth-order valence-electron chi connectivity index (χ4n) is 1.01. The Bertz CT molecular complexity index is 129. The van der Waals surface area contributed by atoms with Crippen LogP contribution >= 0.6 is 0 Å². The molecule has 2 heteroatoms. The van der Waals surface area contributed by atoms with Crippen LogP contribution < -0.4 is 0 Å². The van der Waals surface area contributed by atoms with E-state index in [-0.39, 0.29) is 5.92 Å². The van der Waals surface area contributed by atoms with Gasteiger partial charge in [0, 0.05) is 5.92 Å². The summed E-state index contributed by atoms with van der Waals surface area (Å²) < 4.78 is 24.9. The molecule has 0 radical (unpaired) electrons. The summed E-state index contributed by atoms with van der Waals surface area (Å²) in [4.78, 5) is 0. The molecule has 2 unspecified atom stereocenters. The predicted molar refractivity (Wildman–Crippen MR) is 32.4 cm³/mol. The van der Waals surface area contributed by atoms with Gasteiger partial charge in [-0.3, -0.25) is 0 Å². The van der Waals surface area contributed by atoms with Crippen LogP contribution in [0.15, 0.2) is 12.7 Å². The van der Waals surface area contributed by atoms with Crippen molar-refractivity contribution in [3.63, 3.8) is 0 Å². The maximum atomic E-state index is 12.5. The van der Waals surface area contributed by atoms with E-state index < -0.39 is 11.8 Å². The van der Waals surface area contributed by atoms with Crippen molar-refractivity contribution in [1.29, 1.82) is 0 Å². The van der Waals surface area contributed by atoms with Crippen LogP contribution in [-0.4, -0.2) is 5.92 Å². The zero-order valence-electron chi connectivity index (χ0n) is 5.40. The molecule has 0 bridgehead atoms. The fraction of sp³-hybridized carbons (Fsp3) is 0.714. The molecule has 1 saturated carbocycles. The first-order valence-electron chi connectivity index (χ1n) is 3.09. The summed E-state index contributed by atoms with van der Waals surface area (Å²) in [6, 6.07) is 0. The largest absolute Gasteiger partial charge is 0.269 e. The highest BCUT2D eigenvalue weighted by atomic mass is 19.3. The fourth-order valence-corrected chi connectivity index (χ4v) is 1.01. The maximum absolute atomic E-state index is 12.5. The highest BCUT2D eigenvalue weighted by Gasteiger charge is 2.50. The summed E-state index contributed by atoms with van der Waals surface area (Å²) in [6.07, 6.45) is 1.40. The van der Waals surface area contributed by atoms with Crippen LogP contribution in [0.1, 0.15) is 13.3 Å². The molecule has 1 aliphatic carbocycles. The molecule has 0 heterocycles. The first-order chi connectivity index (χ1) is 4.08. The summed E-state index contributed by atoms with van der Waals surface area (Å²) in [6.45, 7) is 4.91. The van der Waals surface area contributed by atoms with Crippen molar-refractivity contribution in [3.8, 4) is 0 Å². The third-order valence-electron chi connectivity index (χ3n) is 1.88. The lowest BCUT2D eigenvalue weighted by Crippen LogP contribution is -2.15. The van der Waals surface area contributed by atoms with Crippen LogP contribution in [0.25, 0.3) is 0 Å². The van der Waals surface area contributed by atoms with Gasteiger partial charge >= 0.3 is 0 Å². The third-order valence-corrected chi connectivity index (χ3v) is 1.88. The minimum Gasteiger partial charge on any atom is -0.202 e. The smallest absolute Gasteiger partial charge is 0.202 e. The summed E-state index contributed by atoms with van der Waals surface area (Å²) in [7, 11) is 0. The number of hydrogen-bond acceptors (Lipinski definition) is 0. The number of rotatable bonds is 2. The zero-order chi connectivity index (χ0) is 7.07. The second-order valence-electron chi connectivity index (χ2n) is 2.70. The third kappa shape index (κ3) is 1.12. The zero-order valence-corrected chi connectivity index (χ0v) is 5.40. The van der Waals surface area contributed by atoms with Crippen LogP contribution in [0.5, 0.6) is 0 Å². The average molecular weight is 132 g/mol. The Kier molecular flexibility index (Phi) is 1.34. The lowest BCUT2D eigenvalue weighted by molar-refractivity contribution is 0.0262. The summed E-state index contributed by atoms with van der Waals surface area (Å²) in [5.41, 5.74) is 0. The highest BCUT2D eigenvalue weighted by Crippen LogP contribution is 2.49. The molecule has 52 valence electrons. The van der Waals surface area contributed by atoms with Gasteiger partial charge in [-0.15, -0.1) is 0 Å². The molecule has 0 saturated heterocycles. The molecule has 0 aromatic carbocycles. The van der Waals surface area contributed by atoms with Gasteiger partial charge < -0.3 is 0 Å². The van der Waals surface area contributed by atoms with Gasteiger partial charge in [-0.1, -0.05) is 13.5 Å². The summed E-state index contributed by atoms with van der Waals surface area (Å²) in [5, 5.41) is 0. The molecular weight excluding hydrogens is 122 g/mol. The van der Waals surface area contributed by atoms with Crippen LogP contribution in [0.3, 0.4) is 0 Å². The van der Waals surface area contributed by atoms with Gasteiger partial charge in [-0.25, -0.2) is 8.78 Å². The Balaban J connectivity index is 2.51. The predicted octanol–water partition coefficient (Wildman–Crippen LogP) is 2.46. The molecule has 0 N–H and O–H groups in total. The summed E-state index contributed by atoms with van der Waals surface area (Å²) >= 11 is 0. The van der Waals surface area contributed by atoms with E-state index >= 15 is 0 Å². The first kappa shape index (κ1) is 6.72. The van der Waals surface area contributed by atoms with Crippen molar-refractivity contribution in [2.24, 2.45) is 11.8 Å². The van der Waals surface area contributed by atoms with Gasteiger partial charge in [0.15, 0.2) is 0 Å². The van der Waals surface area contributed by atoms with Crippen molar-refractivity contribution >= 4 is 0 Å². The molecule has 0 aliphatic heterocycles. The van der Waals surface area contributed by atoms with E-state index in [1.807, 2.05) is 6.92 Å². The number of hydrogen-bond donors (Lipinski definition) is 0. The number of halogens is 2. The van der Waals surface area contributed by atoms with Crippen LogP contribution in [-0.2, 0) is 0 Å². The van der Waals surface area contributed by atoms with Gasteiger partial charge in [0.25, 0.3) is 5.92 Å². The lowest BCUT2D eigenvalue weighted by Gasteiger charge is -2.08. The molecular formula is C7H10F2. The minimum atomic E-state index is -2.61. The van der Waals surface area contributed by atoms with Crippen LogP contribution in [0.4, 0.5) is 8.78 Å². The van der Waals surface area contributed by atoms with Crippen LogP contribution in [0, 0.1) is 11.8 Å². The highest BCUT2D eigenvalue weighted by molar-refractivity contribution is 5.02. The van der Waals surface area contributed by atoms with Gasteiger partial charge in [0.2, 0.25) is 0 Å². The van der Waals surface area contributed by atoms with E-state index in [2.05, 4.69) is 6.58 Å². The molecule has 1 aliphatic rings.